The Morgan fingerprint density at radius 3 is 2.30 bits per heavy atom. The Labute approximate surface area is 133 Å². The number of anilines is 2. The number of carbonyl (C=O) groups excluding carboxylic acids is 2. The number of urea groups is 1. The summed E-state index contributed by atoms with van der Waals surface area (Å²) in [6, 6.07) is 12.7. The lowest BCUT2D eigenvalue weighted by Crippen LogP contribution is -2.30. The van der Waals surface area contributed by atoms with Gasteiger partial charge in [0.1, 0.15) is 5.82 Å². The second-order valence-corrected chi connectivity index (χ2v) is 5.02. The molecule has 3 amide bonds. The topological polar surface area (TPSA) is 70.2 Å². The largest absolute Gasteiger partial charge is 0.338 e. The van der Waals surface area contributed by atoms with E-state index in [1.54, 1.807) is 36.4 Å². The second-order valence-electron chi connectivity index (χ2n) is 5.02. The zero-order chi connectivity index (χ0) is 16.7. The molecule has 2 aromatic carbocycles. The van der Waals surface area contributed by atoms with Gasteiger partial charge in [0.2, 0.25) is 5.91 Å². The van der Waals surface area contributed by atoms with E-state index in [1.807, 2.05) is 0 Å². The van der Waals surface area contributed by atoms with Crippen molar-refractivity contribution < 1.29 is 14.0 Å². The summed E-state index contributed by atoms with van der Waals surface area (Å²) in [6.45, 7) is 1.85. The highest BCUT2D eigenvalue weighted by molar-refractivity contribution is 5.92. The first-order valence-corrected chi connectivity index (χ1v) is 7.20. The molecule has 120 valence electrons. The van der Waals surface area contributed by atoms with E-state index < -0.39 is 0 Å². The van der Waals surface area contributed by atoms with E-state index in [2.05, 4.69) is 16.0 Å². The molecular formula is C17H18FN3O2. The standard InChI is InChI=1S/C17H18FN3O2/c1-12(22)20-15-3-2-4-16(11-15)21-17(23)19-10-9-13-5-7-14(18)8-6-13/h2-8,11H,9-10H2,1H3,(H,20,22)(H2,19,21,23). The van der Waals surface area contributed by atoms with Crippen LogP contribution in [0.3, 0.4) is 0 Å². The Morgan fingerprint density at radius 1 is 1.00 bits per heavy atom. The minimum Gasteiger partial charge on any atom is -0.338 e. The minimum absolute atomic E-state index is 0.175. The molecule has 5 nitrogen and oxygen atoms in total. The summed E-state index contributed by atoms with van der Waals surface area (Å²) in [5, 5.41) is 8.06. The highest BCUT2D eigenvalue weighted by Gasteiger charge is 2.03. The molecule has 0 unspecified atom stereocenters. The van der Waals surface area contributed by atoms with E-state index >= 15 is 0 Å². The maximum Gasteiger partial charge on any atom is 0.319 e. The molecule has 0 fully saturated rings. The van der Waals surface area contributed by atoms with Crippen molar-refractivity contribution in [1.82, 2.24) is 5.32 Å². The lowest BCUT2D eigenvalue weighted by atomic mass is 10.1. The maximum atomic E-state index is 12.8. The third-order valence-corrected chi connectivity index (χ3v) is 3.05. The van der Waals surface area contributed by atoms with Crippen LogP contribution in [0.5, 0.6) is 0 Å². The summed E-state index contributed by atoms with van der Waals surface area (Å²) in [6.07, 6.45) is 0.611. The fraction of sp³-hybridized carbons (Fsp3) is 0.176. The zero-order valence-corrected chi connectivity index (χ0v) is 12.7. The van der Waals surface area contributed by atoms with Crippen LogP contribution < -0.4 is 16.0 Å². The zero-order valence-electron chi connectivity index (χ0n) is 12.7. The van der Waals surface area contributed by atoms with Crippen molar-refractivity contribution in [3.8, 4) is 0 Å². The Balaban J connectivity index is 1.80. The van der Waals surface area contributed by atoms with Gasteiger partial charge in [0.15, 0.2) is 0 Å². The van der Waals surface area contributed by atoms with Crippen LogP contribution in [0.25, 0.3) is 0 Å². The first kappa shape index (κ1) is 16.5. The van der Waals surface area contributed by atoms with Crippen molar-refractivity contribution in [2.24, 2.45) is 0 Å². The van der Waals surface area contributed by atoms with Gasteiger partial charge >= 0.3 is 6.03 Å². The van der Waals surface area contributed by atoms with Crippen LogP contribution in [-0.2, 0) is 11.2 Å². The van der Waals surface area contributed by atoms with Gasteiger partial charge in [-0.15, -0.1) is 0 Å². The van der Waals surface area contributed by atoms with Crippen LogP contribution in [-0.4, -0.2) is 18.5 Å². The van der Waals surface area contributed by atoms with Crippen molar-refractivity contribution in [3.05, 3.63) is 59.9 Å². The summed E-state index contributed by atoms with van der Waals surface area (Å²) >= 11 is 0. The van der Waals surface area contributed by atoms with E-state index in [0.29, 0.717) is 24.3 Å². The number of hydrogen-bond donors (Lipinski definition) is 3. The van der Waals surface area contributed by atoms with Crippen molar-refractivity contribution in [2.75, 3.05) is 17.2 Å². The second kappa shape index (κ2) is 7.93. The summed E-state index contributed by atoms with van der Waals surface area (Å²) in [4.78, 5) is 22.8. The summed E-state index contributed by atoms with van der Waals surface area (Å²) in [7, 11) is 0. The van der Waals surface area contributed by atoms with Crippen LogP contribution in [0.2, 0.25) is 0 Å². The van der Waals surface area contributed by atoms with Gasteiger partial charge in [-0.1, -0.05) is 18.2 Å². The molecule has 2 aromatic rings. The Bertz CT molecular complexity index is 686. The van der Waals surface area contributed by atoms with E-state index in [9.17, 15) is 14.0 Å². The van der Waals surface area contributed by atoms with E-state index in [4.69, 9.17) is 0 Å². The van der Waals surface area contributed by atoms with Crippen molar-refractivity contribution in [1.29, 1.82) is 0 Å². The van der Waals surface area contributed by atoms with Gasteiger partial charge in [-0.3, -0.25) is 4.79 Å². The summed E-state index contributed by atoms with van der Waals surface area (Å²) in [5.74, 6) is -0.454. The molecule has 3 N–H and O–H groups in total. The number of benzene rings is 2. The lowest BCUT2D eigenvalue weighted by Gasteiger charge is -2.09. The Kier molecular flexibility index (Phi) is 5.68. The van der Waals surface area contributed by atoms with Gasteiger partial charge in [0.05, 0.1) is 0 Å². The first-order valence-electron chi connectivity index (χ1n) is 7.20. The molecule has 0 saturated carbocycles. The molecule has 0 aliphatic carbocycles. The van der Waals surface area contributed by atoms with E-state index in [1.165, 1.54) is 19.1 Å². The molecular weight excluding hydrogens is 297 g/mol. The summed E-state index contributed by atoms with van der Waals surface area (Å²) < 4.78 is 12.8. The molecule has 2 rings (SSSR count). The molecule has 6 heteroatoms. The fourth-order valence-corrected chi connectivity index (χ4v) is 2.02. The first-order chi connectivity index (χ1) is 11.0. The smallest absolute Gasteiger partial charge is 0.319 e. The molecule has 23 heavy (non-hydrogen) atoms. The average Bonchev–Trinajstić information content (AvgIpc) is 2.49. The average molecular weight is 315 g/mol. The Morgan fingerprint density at radius 2 is 1.65 bits per heavy atom. The van der Waals surface area contributed by atoms with Gasteiger partial charge in [-0.2, -0.15) is 0 Å². The van der Waals surface area contributed by atoms with Crippen molar-refractivity contribution in [2.45, 2.75) is 13.3 Å². The van der Waals surface area contributed by atoms with Gasteiger partial charge in [0.25, 0.3) is 0 Å². The maximum absolute atomic E-state index is 12.8. The molecule has 0 spiro atoms. The lowest BCUT2D eigenvalue weighted by molar-refractivity contribution is -0.114. The number of halogens is 1. The van der Waals surface area contributed by atoms with Gasteiger partial charge in [0, 0.05) is 24.8 Å². The predicted octanol–water partition coefficient (Wildman–Crippen LogP) is 3.15. The van der Waals surface area contributed by atoms with Crippen LogP contribution >= 0.6 is 0 Å². The highest BCUT2D eigenvalue weighted by atomic mass is 19.1. The van der Waals surface area contributed by atoms with Gasteiger partial charge in [-0.05, 0) is 42.3 Å². The van der Waals surface area contributed by atoms with Crippen LogP contribution in [0.15, 0.2) is 48.5 Å². The Hall–Kier alpha value is -2.89. The molecule has 0 aromatic heterocycles. The normalized spacial score (nSPS) is 10.0. The van der Waals surface area contributed by atoms with Gasteiger partial charge < -0.3 is 16.0 Å². The number of carbonyl (C=O) groups is 2. The van der Waals surface area contributed by atoms with Crippen LogP contribution in [0.4, 0.5) is 20.6 Å². The molecule has 0 aliphatic rings. The molecule has 0 atom stereocenters. The number of nitrogens with one attached hydrogen (secondary N) is 3. The molecule has 0 aliphatic heterocycles. The van der Waals surface area contributed by atoms with Gasteiger partial charge in [-0.25, -0.2) is 9.18 Å². The predicted molar refractivity (Wildman–Crippen MR) is 87.9 cm³/mol. The summed E-state index contributed by atoms with van der Waals surface area (Å²) in [5.41, 5.74) is 2.14. The number of hydrogen-bond acceptors (Lipinski definition) is 2. The fourth-order valence-electron chi connectivity index (χ4n) is 2.02. The monoisotopic (exact) mass is 315 g/mol. The molecule has 0 heterocycles. The quantitative estimate of drug-likeness (QED) is 0.793. The van der Waals surface area contributed by atoms with Crippen molar-refractivity contribution in [3.63, 3.8) is 0 Å². The molecule has 0 bridgehead atoms. The highest BCUT2D eigenvalue weighted by Crippen LogP contribution is 2.14. The minimum atomic E-state index is -0.341. The van der Waals surface area contributed by atoms with Crippen LogP contribution in [0, 0.1) is 5.82 Å². The molecule has 0 saturated heterocycles. The number of amides is 3. The van der Waals surface area contributed by atoms with Crippen LogP contribution in [0.1, 0.15) is 12.5 Å². The third-order valence-electron chi connectivity index (χ3n) is 3.05. The number of rotatable bonds is 5. The van der Waals surface area contributed by atoms with E-state index in [-0.39, 0.29) is 17.8 Å². The third kappa shape index (κ3) is 5.78. The van der Waals surface area contributed by atoms with E-state index in [0.717, 1.165) is 5.56 Å². The SMILES string of the molecule is CC(=O)Nc1cccc(NC(=O)NCCc2ccc(F)cc2)c1. The van der Waals surface area contributed by atoms with Crippen molar-refractivity contribution >= 4 is 23.3 Å². The molecule has 0 radical (unpaired) electrons.